The number of hydrogen-bond acceptors (Lipinski definition) is 5. The molecule has 0 spiro atoms. The molecule has 3 heterocycles. The van der Waals surface area contributed by atoms with Crippen molar-refractivity contribution in [3.8, 4) is 11.5 Å². The molecule has 27 heavy (non-hydrogen) atoms. The van der Waals surface area contributed by atoms with Crippen LogP contribution in [0.4, 0.5) is 0 Å². The molecule has 8 heteroatoms. The van der Waals surface area contributed by atoms with E-state index >= 15 is 0 Å². The van der Waals surface area contributed by atoms with Crippen LogP contribution in [-0.2, 0) is 22.6 Å². The molecular formula is C19H21N3O5. The monoisotopic (exact) mass is 371 g/mol. The van der Waals surface area contributed by atoms with Gasteiger partial charge in [-0.1, -0.05) is 6.07 Å². The Labute approximate surface area is 156 Å². The highest BCUT2D eigenvalue weighted by Gasteiger charge is 2.26. The zero-order chi connectivity index (χ0) is 18.8. The number of fused-ring (bicyclic) bond motifs is 1. The van der Waals surface area contributed by atoms with Gasteiger partial charge in [0.1, 0.15) is 6.54 Å². The van der Waals surface area contributed by atoms with E-state index in [1.807, 2.05) is 29.2 Å². The Kier molecular flexibility index (Phi) is 4.70. The Bertz CT molecular complexity index is 863. The number of carboxylic acid groups (broad SMARTS) is 1. The highest BCUT2D eigenvalue weighted by molar-refractivity contribution is 5.79. The minimum Gasteiger partial charge on any atom is -0.480 e. The molecule has 1 aromatic carbocycles. The minimum absolute atomic E-state index is 0.0727. The molecule has 2 aromatic rings. The van der Waals surface area contributed by atoms with E-state index < -0.39 is 5.97 Å². The van der Waals surface area contributed by atoms with Crippen molar-refractivity contribution in [2.75, 3.05) is 19.9 Å². The van der Waals surface area contributed by atoms with Gasteiger partial charge in [0.15, 0.2) is 11.5 Å². The molecule has 0 bridgehead atoms. The third-order valence-electron chi connectivity index (χ3n) is 4.94. The Morgan fingerprint density at radius 3 is 2.93 bits per heavy atom. The lowest BCUT2D eigenvalue weighted by atomic mass is 9.94. The highest BCUT2D eigenvalue weighted by atomic mass is 16.7. The molecule has 1 fully saturated rings. The summed E-state index contributed by atoms with van der Waals surface area (Å²) in [6.07, 6.45) is 3.84. The molecule has 1 saturated heterocycles. The van der Waals surface area contributed by atoms with Gasteiger partial charge >= 0.3 is 5.97 Å². The van der Waals surface area contributed by atoms with E-state index in [0.29, 0.717) is 24.5 Å². The topological polar surface area (TPSA) is 93.9 Å². The summed E-state index contributed by atoms with van der Waals surface area (Å²) in [5.74, 6) is 0.675. The van der Waals surface area contributed by atoms with Crippen LogP contribution in [0.25, 0.3) is 0 Å². The molecule has 8 nitrogen and oxygen atoms in total. The average molecular weight is 371 g/mol. The predicted molar refractivity (Wildman–Crippen MR) is 94.7 cm³/mol. The molecule has 1 aromatic heterocycles. The number of piperidine rings is 1. The maximum atomic E-state index is 12.7. The lowest BCUT2D eigenvalue weighted by Crippen LogP contribution is -2.40. The van der Waals surface area contributed by atoms with Crippen LogP contribution in [-0.4, -0.2) is 51.5 Å². The normalized spacial score (nSPS) is 18.5. The van der Waals surface area contributed by atoms with Crippen molar-refractivity contribution in [1.82, 2.24) is 14.7 Å². The fraction of sp³-hybridized carbons (Fsp3) is 0.421. The molecule has 1 N–H and O–H groups in total. The van der Waals surface area contributed by atoms with Gasteiger partial charge in [-0.3, -0.25) is 14.3 Å². The maximum Gasteiger partial charge on any atom is 0.325 e. The van der Waals surface area contributed by atoms with E-state index in [9.17, 15) is 9.59 Å². The van der Waals surface area contributed by atoms with Crippen LogP contribution in [0, 0.1) is 0 Å². The summed E-state index contributed by atoms with van der Waals surface area (Å²) in [5.41, 5.74) is 1.74. The van der Waals surface area contributed by atoms with Crippen molar-refractivity contribution in [1.29, 1.82) is 0 Å². The van der Waals surface area contributed by atoms with E-state index in [1.54, 1.807) is 6.20 Å². The molecular weight excluding hydrogens is 350 g/mol. The number of rotatable bonds is 5. The number of ether oxygens (including phenoxy) is 2. The zero-order valence-corrected chi connectivity index (χ0v) is 14.8. The number of nitrogens with zero attached hydrogens (tertiary/aromatic N) is 3. The number of amides is 1. The first kappa shape index (κ1) is 17.4. The third-order valence-corrected chi connectivity index (χ3v) is 4.94. The van der Waals surface area contributed by atoms with Gasteiger partial charge in [-0.15, -0.1) is 0 Å². The number of benzene rings is 1. The van der Waals surface area contributed by atoms with Gasteiger partial charge in [0.25, 0.3) is 0 Å². The Hall–Kier alpha value is -3.03. The molecule has 4 rings (SSSR count). The van der Waals surface area contributed by atoms with Gasteiger partial charge in [-0.05, 0) is 36.6 Å². The number of aromatic nitrogens is 2. The number of carbonyl (C=O) groups excluding carboxylic acids is 1. The lowest BCUT2D eigenvalue weighted by molar-refractivity contribution is -0.138. The van der Waals surface area contributed by atoms with Crippen LogP contribution in [0.5, 0.6) is 11.5 Å². The van der Waals surface area contributed by atoms with Gasteiger partial charge in [-0.2, -0.15) is 5.10 Å². The van der Waals surface area contributed by atoms with Gasteiger partial charge in [0.05, 0.1) is 12.1 Å². The fourth-order valence-corrected chi connectivity index (χ4v) is 3.60. The van der Waals surface area contributed by atoms with Crippen LogP contribution < -0.4 is 9.47 Å². The molecule has 1 atom stereocenters. The van der Waals surface area contributed by atoms with E-state index in [0.717, 1.165) is 30.6 Å². The summed E-state index contributed by atoms with van der Waals surface area (Å²) >= 11 is 0. The summed E-state index contributed by atoms with van der Waals surface area (Å²) in [5, 5.41) is 13.2. The summed E-state index contributed by atoms with van der Waals surface area (Å²) in [6, 6.07) is 7.42. The summed E-state index contributed by atoms with van der Waals surface area (Å²) in [7, 11) is 0. The molecule has 0 radical (unpaired) electrons. The van der Waals surface area contributed by atoms with Crippen LogP contribution in [0.1, 0.15) is 30.0 Å². The van der Waals surface area contributed by atoms with Gasteiger partial charge < -0.3 is 19.5 Å². The first-order chi connectivity index (χ1) is 13.1. The van der Waals surface area contributed by atoms with Crippen molar-refractivity contribution in [3.05, 3.63) is 41.7 Å². The summed E-state index contributed by atoms with van der Waals surface area (Å²) in [4.78, 5) is 25.4. The minimum atomic E-state index is -0.922. The van der Waals surface area contributed by atoms with E-state index in [4.69, 9.17) is 14.6 Å². The number of likely N-dealkylation sites (tertiary alicyclic amines) is 1. The fourth-order valence-electron chi connectivity index (χ4n) is 3.60. The van der Waals surface area contributed by atoms with Gasteiger partial charge in [-0.25, -0.2) is 0 Å². The number of carbonyl (C=O) groups is 2. The van der Waals surface area contributed by atoms with Gasteiger partial charge in [0, 0.05) is 25.2 Å². The predicted octanol–water partition coefficient (Wildman–Crippen LogP) is 1.65. The Morgan fingerprint density at radius 1 is 1.22 bits per heavy atom. The molecule has 2 aliphatic rings. The first-order valence-corrected chi connectivity index (χ1v) is 9.00. The molecule has 0 aliphatic carbocycles. The second-order valence-electron chi connectivity index (χ2n) is 6.88. The van der Waals surface area contributed by atoms with Gasteiger partial charge in [0.2, 0.25) is 12.7 Å². The lowest BCUT2D eigenvalue weighted by Gasteiger charge is -2.32. The molecule has 2 aliphatic heterocycles. The molecule has 1 unspecified atom stereocenters. The van der Waals surface area contributed by atoms with E-state index in [1.165, 1.54) is 4.68 Å². The summed E-state index contributed by atoms with van der Waals surface area (Å²) in [6.45, 7) is 1.40. The number of hydrogen-bond donors (Lipinski definition) is 1. The number of carboxylic acids is 1. The van der Waals surface area contributed by atoms with Crippen LogP contribution in [0.15, 0.2) is 30.5 Å². The standard InChI is InChI=1S/C19H21N3O5/c23-18(9-13-3-4-16-17(8-13)27-12-26-16)21-6-1-2-14(10-21)15-5-7-22(20-15)11-19(24)25/h3-5,7-8,14H,1-2,6,9-12H2,(H,24,25). The van der Waals surface area contributed by atoms with Crippen molar-refractivity contribution in [2.24, 2.45) is 0 Å². The SMILES string of the molecule is O=C(O)Cn1ccc(C2CCCN(C(=O)Cc3ccc4c(c3)OCO4)C2)n1. The van der Waals surface area contributed by atoms with Crippen LogP contribution in [0.3, 0.4) is 0 Å². The van der Waals surface area contributed by atoms with Crippen molar-refractivity contribution >= 4 is 11.9 Å². The average Bonchev–Trinajstić information content (AvgIpc) is 3.30. The third kappa shape index (κ3) is 3.89. The Morgan fingerprint density at radius 2 is 2.07 bits per heavy atom. The molecule has 1 amide bonds. The second-order valence-corrected chi connectivity index (χ2v) is 6.88. The van der Waals surface area contributed by atoms with Crippen molar-refractivity contribution in [3.63, 3.8) is 0 Å². The second kappa shape index (κ2) is 7.30. The number of aliphatic carboxylic acids is 1. The van der Waals surface area contributed by atoms with Crippen LogP contribution in [0.2, 0.25) is 0 Å². The largest absolute Gasteiger partial charge is 0.480 e. The molecule has 142 valence electrons. The smallest absolute Gasteiger partial charge is 0.325 e. The quantitative estimate of drug-likeness (QED) is 0.859. The maximum absolute atomic E-state index is 12.7. The van der Waals surface area contributed by atoms with E-state index in [2.05, 4.69) is 5.10 Å². The van der Waals surface area contributed by atoms with Crippen molar-refractivity contribution in [2.45, 2.75) is 31.7 Å². The van der Waals surface area contributed by atoms with Crippen molar-refractivity contribution < 1.29 is 24.2 Å². The highest BCUT2D eigenvalue weighted by Crippen LogP contribution is 2.33. The summed E-state index contributed by atoms with van der Waals surface area (Å²) < 4.78 is 12.1. The molecule has 0 saturated carbocycles. The van der Waals surface area contributed by atoms with E-state index in [-0.39, 0.29) is 25.2 Å². The van der Waals surface area contributed by atoms with Crippen LogP contribution >= 0.6 is 0 Å². The first-order valence-electron chi connectivity index (χ1n) is 9.00. The Balaban J connectivity index is 1.39. The zero-order valence-electron chi connectivity index (χ0n) is 14.8.